The van der Waals surface area contributed by atoms with Crippen LogP contribution in [-0.4, -0.2) is 38.0 Å². The van der Waals surface area contributed by atoms with Crippen molar-refractivity contribution in [2.24, 2.45) is 5.73 Å². The molecule has 0 amide bonds. The van der Waals surface area contributed by atoms with Gasteiger partial charge in [0, 0.05) is 19.1 Å². The summed E-state index contributed by atoms with van der Waals surface area (Å²) in [4.78, 5) is 2.16. The van der Waals surface area contributed by atoms with E-state index >= 15 is 0 Å². The third-order valence-electron chi connectivity index (χ3n) is 3.68. The molecule has 1 unspecified atom stereocenters. The van der Waals surface area contributed by atoms with Gasteiger partial charge in [-0.1, -0.05) is 19.1 Å². The number of benzene rings is 1. The Morgan fingerprint density at radius 2 is 2.05 bits per heavy atom. The van der Waals surface area contributed by atoms with E-state index in [4.69, 9.17) is 10.5 Å². The zero-order valence-corrected chi connectivity index (χ0v) is 12.2. The van der Waals surface area contributed by atoms with E-state index in [1.54, 1.807) is 7.11 Å². The summed E-state index contributed by atoms with van der Waals surface area (Å²) >= 11 is 0. The van der Waals surface area contributed by atoms with Crippen molar-refractivity contribution in [3.05, 3.63) is 24.3 Å². The largest absolute Gasteiger partial charge is 0.495 e. The van der Waals surface area contributed by atoms with Crippen molar-refractivity contribution in [3.8, 4) is 5.75 Å². The molecule has 4 nitrogen and oxygen atoms in total. The molecule has 0 saturated carbocycles. The molecular formula is C15H26N2O2. The van der Waals surface area contributed by atoms with E-state index in [1.165, 1.54) is 0 Å². The van der Waals surface area contributed by atoms with Gasteiger partial charge in [0.1, 0.15) is 5.75 Å². The van der Waals surface area contributed by atoms with Crippen LogP contribution in [0, 0.1) is 0 Å². The lowest BCUT2D eigenvalue weighted by atomic mass is 9.92. The highest BCUT2D eigenvalue weighted by molar-refractivity contribution is 5.57. The Labute approximate surface area is 116 Å². The van der Waals surface area contributed by atoms with E-state index in [0.717, 1.165) is 37.2 Å². The average Bonchev–Trinajstić information content (AvgIpc) is 2.46. The van der Waals surface area contributed by atoms with Gasteiger partial charge in [0.15, 0.2) is 0 Å². The molecule has 0 radical (unpaired) electrons. The number of anilines is 1. The molecule has 0 fully saturated rings. The lowest BCUT2D eigenvalue weighted by Crippen LogP contribution is -2.43. The fourth-order valence-electron chi connectivity index (χ4n) is 2.10. The fourth-order valence-corrected chi connectivity index (χ4v) is 2.10. The monoisotopic (exact) mass is 266 g/mol. The number of methoxy groups -OCH3 is 1. The SMILES string of the molecule is CCC(N)(CO)CCCN(C)c1ccccc1OC. The van der Waals surface area contributed by atoms with Crippen molar-refractivity contribution in [2.75, 3.05) is 32.2 Å². The minimum Gasteiger partial charge on any atom is -0.495 e. The van der Waals surface area contributed by atoms with E-state index in [1.807, 2.05) is 38.2 Å². The summed E-state index contributed by atoms with van der Waals surface area (Å²) in [5.41, 5.74) is 6.72. The minimum atomic E-state index is -0.443. The summed E-state index contributed by atoms with van der Waals surface area (Å²) in [7, 11) is 3.72. The maximum absolute atomic E-state index is 9.29. The number of hydrogen-bond acceptors (Lipinski definition) is 4. The molecule has 0 aliphatic rings. The molecule has 0 heterocycles. The quantitative estimate of drug-likeness (QED) is 0.755. The second kappa shape index (κ2) is 7.36. The molecule has 0 aliphatic heterocycles. The molecule has 19 heavy (non-hydrogen) atoms. The second-order valence-corrected chi connectivity index (χ2v) is 5.07. The number of para-hydroxylation sites is 2. The number of aliphatic hydroxyl groups excluding tert-OH is 1. The van der Waals surface area contributed by atoms with E-state index in [2.05, 4.69) is 4.90 Å². The molecule has 1 rings (SSSR count). The summed E-state index contributed by atoms with van der Waals surface area (Å²) in [6.45, 7) is 2.95. The van der Waals surface area contributed by atoms with Gasteiger partial charge in [-0.05, 0) is 31.4 Å². The van der Waals surface area contributed by atoms with Crippen LogP contribution in [0.3, 0.4) is 0 Å². The Bertz CT molecular complexity index is 378. The molecule has 0 saturated heterocycles. The molecule has 3 N–H and O–H groups in total. The summed E-state index contributed by atoms with van der Waals surface area (Å²) in [6.07, 6.45) is 2.56. The summed E-state index contributed by atoms with van der Waals surface area (Å²) in [6, 6.07) is 7.96. The maximum atomic E-state index is 9.29. The van der Waals surface area contributed by atoms with Gasteiger partial charge in [-0.3, -0.25) is 0 Å². The Morgan fingerprint density at radius 1 is 1.37 bits per heavy atom. The number of aliphatic hydroxyl groups is 1. The van der Waals surface area contributed by atoms with Crippen LogP contribution in [0.2, 0.25) is 0 Å². The number of rotatable bonds is 8. The zero-order chi connectivity index (χ0) is 14.3. The van der Waals surface area contributed by atoms with E-state index < -0.39 is 5.54 Å². The van der Waals surface area contributed by atoms with Crippen molar-refractivity contribution in [3.63, 3.8) is 0 Å². The summed E-state index contributed by atoms with van der Waals surface area (Å²) < 4.78 is 5.35. The first kappa shape index (κ1) is 15.8. The fraction of sp³-hybridized carbons (Fsp3) is 0.600. The van der Waals surface area contributed by atoms with Gasteiger partial charge in [-0.15, -0.1) is 0 Å². The predicted octanol–water partition coefficient (Wildman–Crippen LogP) is 2.01. The maximum Gasteiger partial charge on any atom is 0.142 e. The zero-order valence-electron chi connectivity index (χ0n) is 12.2. The second-order valence-electron chi connectivity index (χ2n) is 5.07. The number of nitrogens with zero attached hydrogens (tertiary/aromatic N) is 1. The topological polar surface area (TPSA) is 58.7 Å². The van der Waals surface area contributed by atoms with Gasteiger partial charge in [-0.25, -0.2) is 0 Å². The minimum absolute atomic E-state index is 0.0435. The van der Waals surface area contributed by atoms with Crippen LogP contribution in [0.15, 0.2) is 24.3 Å². The van der Waals surface area contributed by atoms with Crippen molar-refractivity contribution >= 4 is 5.69 Å². The van der Waals surface area contributed by atoms with E-state index in [0.29, 0.717) is 0 Å². The highest BCUT2D eigenvalue weighted by Gasteiger charge is 2.21. The highest BCUT2D eigenvalue weighted by Crippen LogP contribution is 2.27. The number of hydrogen-bond donors (Lipinski definition) is 2. The van der Waals surface area contributed by atoms with Crippen molar-refractivity contribution in [1.29, 1.82) is 0 Å². The molecule has 1 aromatic carbocycles. The molecule has 0 aliphatic carbocycles. The van der Waals surface area contributed by atoms with E-state index in [9.17, 15) is 5.11 Å². The van der Waals surface area contributed by atoms with Crippen LogP contribution in [0.4, 0.5) is 5.69 Å². The van der Waals surface area contributed by atoms with Gasteiger partial charge in [-0.2, -0.15) is 0 Å². The Balaban J connectivity index is 2.54. The first-order chi connectivity index (χ1) is 9.06. The van der Waals surface area contributed by atoms with Crippen LogP contribution < -0.4 is 15.4 Å². The smallest absolute Gasteiger partial charge is 0.142 e. The van der Waals surface area contributed by atoms with Gasteiger partial charge < -0.3 is 20.5 Å². The highest BCUT2D eigenvalue weighted by atomic mass is 16.5. The molecule has 1 atom stereocenters. The molecule has 1 aromatic rings. The number of ether oxygens (including phenoxy) is 1. The third-order valence-corrected chi connectivity index (χ3v) is 3.68. The van der Waals surface area contributed by atoms with Crippen LogP contribution >= 0.6 is 0 Å². The first-order valence-electron chi connectivity index (χ1n) is 6.80. The first-order valence-corrected chi connectivity index (χ1v) is 6.80. The average molecular weight is 266 g/mol. The van der Waals surface area contributed by atoms with Gasteiger partial charge in [0.05, 0.1) is 19.4 Å². The van der Waals surface area contributed by atoms with Crippen LogP contribution in [0.5, 0.6) is 5.75 Å². The molecule has 0 aromatic heterocycles. The van der Waals surface area contributed by atoms with Crippen molar-refractivity contribution in [1.82, 2.24) is 0 Å². The van der Waals surface area contributed by atoms with Gasteiger partial charge in [0.25, 0.3) is 0 Å². The molecular weight excluding hydrogens is 240 g/mol. The Kier molecular flexibility index (Phi) is 6.12. The predicted molar refractivity (Wildman–Crippen MR) is 79.8 cm³/mol. The normalized spacial score (nSPS) is 13.9. The Morgan fingerprint density at radius 3 is 2.63 bits per heavy atom. The van der Waals surface area contributed by atoms with E-state index in [-0.39, 0.29) is 6.61 Å². The van der Waals surface area contributed by atoms with Crippen molar-refractivity contribution in [2.45, 2.75) is 31.7 Å². The Hall–Kier alpha value is -1.26. The molecule has 0 bridgehead atoms. The molecule has 4 heteroatoms. The third kappa shape index (κ3) is 4.40. The summed E-state index contributed by atoms with van der Waals surface area (Å²) in [5, 5.41) is 9.29. The van der Waals surface area contributed by atoms with Gasteiger partial charge >= 0.3 is 0 Å². The standard InChI is InChI=1S/C15H26N2O2/c1-4-15(16,12-18)10-7-11-17(2)13-8-5-6-9-14(13)19-3/h5-6,8-9,18H,4,7,10-12,16H2,1-3H3. The summed E-state index contributed by atoms with van der Waals surface area (Å²) in [5.74, 6) is 0.877. The number of nitrogens with two attached hydrogens (primary N) is 1. The van der Waals surface area contributed by atoms with Crippen LogP contribution in [0.1, 0.15) is 26.2 Å². The molecule has 108 valence electrons. The van der Waals surface area contributed by atoms with Crippen LogP contribution in [0.25, 0.3) is 0 Å². The van der Waals surface area contributed by atoms with Crippen molar-refractivity contribution < 1.29 is 9.84 Å². The lowest BCUT2D eigenvalue weighted by Gasteiger charge is -2.27. The van der Waals surface area contributed by atoms with Gasteiger partial charge in [0.2, 0.25) is 0 Å². The molecule has 0 spiro atoms. The van der Waals surface area contributed by atoms with Crippen LogP contribution in [-0.2, 0) is 0 Å². The lowest BCUT2D eigenvalue weighted by molar-refractivity contribution is 0.181.